The highest BCUT2D eigenvalue weighted by Crippen LogP contribution is 2.20. The lowest BCUT2D eigenvalue weighted by atomic mass is 10.2. The van der Waals surface area contributed by atoms with Crippen LogP contribution in [0.15, 0.2) is 36.5 Å². The molecule has 0 saturated heterocycles. The highest BCUT2D eigenvalue weighted by molar-refractivity contribution is 5.78. The van der Waals surface area contributed by atoms with E-state index < -0.39 is 0 Å². The minimum absolute atomic E-state index is 0.311. The molecule has 2 aromatic heterocycles. The third-order valence-corrected chi connectivity index (χ3v) is 3.05. The maximum absolute atomic E-state index is 13.1. The van der Waals surface area contributed by atoms with Gasteiger partial charge in [-0.1, -0.05) is 6.07 Å². The molecule has 0 aliphatic carbocycles. The molecule has 0 saturated carbocycles. The second kappa shape index (κ2) is 4.35. The van der Waals surface area contributed by atoms with Crippen molar-refractivity contribution in [2.45, 2.75) is 13.5 Å². The highest BCUT2D eigenvalue weighted by Gasteiger charge is 2.09. The van der Waals surface area contributed by atoms with Crippen LogP contribution in [0.5, 0.6) is 0 Å². The number of anilines is 1. The zero-order valence-electron chi connectivity index (χ0n) is 10.5. The Morgan fingerprint density at radius 1 is 1.26 bits per heavy atom. The Balaban J connectivity index is 2.05. The maximum Gasteiger partial charge on any atom is 0.201 e. The zero-order chi connectivity index (χ0) is 13.4. The van der Waals surface area contributed by atoms with Gasteiger partial charge in [0, 0.05) is 18.0 Å². The molecule has 0 fully saturated rings. The number of aryl methyl sites for hydroxylation is 1. The number of halogens is 1. The van der Waals surface area contributed by atoms with E-state index in [-0.39, 0.29) is 5.82 Å². The Hall–Kier alpha value is -2.43. The van der Waals surface area contributed by atoms with Gasteiger partial charge >= 0.3 is 0 Å². The fourth-order valence-corrected chi connectivity index (χ4v) is 2.06. The molecule has 0 amide bonds. The summed E-state index contributed by atoms with van der Waals surface area (Å²) < 4.78 is 15.0. The standard InChI is InChI=1S/C14H13FN4/c1-9-2-3-10(7-17-9)8-19-13-5-4-11(15)6-12(13)18-14(19)16/h2-7H,8H2,1H3,(H2,16,18). The Morgan fingerprint density at radius 2 is 2.11 bits per heavy atom. The van der Waals surface area contributed by atoms with E-state index >= 15 is 0 Å². The van der Waals surface area contributed by atoms with Crippen LogP contribution in [0.25, 0.3) is 11.0 Å². The number of pyridine rings is 1. The summed E-state index contributed by atoms with van der Waals surface area (Å²) in [6, 6.07) is 8.43. The Labute approximate surface area is 109 Å². The maximum atomic E-state index is 13.1. The number of aromatic nitrogens is 3. The first kappa shape index (κ1) is 11.6. The number of benzene rings is 1. The van der Waals surface area contributed by atoms with Crippen LogP contribution in [0.1, 0.15) is 11.3 Å². The van der Waals surface area contributed by atoms with Gasteiger partial charge in [-0.25, -0.2) is 9.37 Å². The van der Waals surface area contributed by atoms with Crippen molar-refractivity contribution in [3.8, 4) is 0 Å². The van der Waals surface area contributed by atoms with Crippen molar-refractivity contribution in [1.29, 1.82) is 0 Å². The average Bonchev–Trinajstić information content (AvgIpc) is 2.68. The van der Waals surface area contributed by atoms with Crippen LogP contribution in [0.2, 0.25) is 0 Å². The monoisotopic (exact) mass is 256 g/mol. The first-order chi connectivity index (χ1) is 9.13. The molecule has 0 bridgehead atoms. The van der Waals surface area contributed by atoms with E-state index in [0.29, 0.717) is 18.0 Å². The van der Waals surface area contributed by atoms with Crippen molar-refractivity contribution in [1.82, 2.24) is 14.5 Å². The molecule has 19 heavy (non-hydrogen) atoms. The molecule has 0 aliphatic heterocycles. The lowest BCUT2D eigenvalue weighted by molar-refractivity contribution is 0.629. The number of imidazole rings is 1. The summed E-state index contributed by atoms with van der Waals surface area (Å²) in [6.45, 7) is 2.51. The SMILES string of the molecule is Cc1ccc(Cn2c(N)nc3cc(F)ccc32)cn1. The van der Waals surface area contributed by atoms with Crippen molar-refractivity contribution in [3.05, 3.63) is 53.6 Å². The molecular formula is C14H13FN4. The molecule has 3 aromatic rings. The molecule has 3 rings (SSSR count). The van der Waals surface area contributed by atoms with Gasteiger partial charge in [-0.3, -0.25) is 4.98 Å². The molecule has 0 unspecified atom stereocenters. The lowest BCUT2D eigenvalue weighted by Gasteiger charge is -2.06. The summed E-state index contributed by atoms with van der Waals surface area (Å²) in [5.74, 6) is 0.0651. The van der Waals surface area contributed by atoms with Crippen molar-refractivity contribution >= 4 is 17.0 Å². The number of nitrogens with zero attached hydrogens (tertiary/aromatic N) is 3. The van der Waals surface area contributed by atoms with Gasteiger partial charge in [-0.15, -0.1) is 0 Å². The predicted molar refractivity (Wildman–Crippen MR) is 72.2 cm³/mol. The molecule has 96 valence electrons. The Kier molecular flexibility index (Phi) is 2.67. The van der Waals surface area contributed by atoms with Crippen LogP contribution in [-0.2, 0) is 6.54 Å². The summed E-state index contributed by atoms with van der Waals surface area (Å²) in [5, 5.41) is 0. The molecular weight excluding hydrogens is 243 g/mol. The third-order valence-electron chi connectivity index (χ3n) is 3.05. The van der Waals surface area contributed by atoms with Crippen molar-refractivity contribution in [2.75, 3.05) is 5.73 Å². The minimum Gasteiger partial charge on any atom is -0.369 e. The molecule has 4 nitrogen and oxygen atoms in total. The second-order valence-corrected chi connectivity index (χ2v) is 4.50. The van der Waals surface area contributed by atoms with Crippen molar-refractivity contribution < 1.29 is 4.39 Å². The third kappa shape index (κ3) is 2.14. The van der Waals surface area contributed by atoms with E-state index in [0.717, 1.165) is 16.8 Å². The summed E-state index contributed by atoms with van der Waals surface area (Å²) in [5.41, 5.74) is 9.27. The van der Waals surface area contributed by atoms with Gasteiger partial charge in [0.15, 0.2) is 0 Å². The van der Waals surface area contributed by atoms with Gasteiger partial charge in [0.25, 0.3) is 0 Å². The van der Waals surface area contributed by atoms with Gasteiger partial charge < -0.3 is 10.3 Å². The fourth-order valence-electron chi connectivity index (χ4n) is 2.06. The number of hydrogen-bond acceptors (Lipinski definition) is 3. The first-order valence-electron chi connectivity index (χ1n) is 5.96. The lowest BCUT2D eigenvalue weighted by Crippen LogP contribution is -2.04. The molecule has 0 radical (unpaired) electrons. The number of hydrogen-bond donors (Lipinski definition) is 1. The van der Waals surface area contributed by atoms with E-state index in [1.165, 1.54) is 12.1 Å². The summed E-state index contributed by atoms with van der Waals surface area (Å²) in [6.07, 6.45) is 1.81. The molecule has 2 N–H and O–H groups in total. The number of nitrogens with two attached hydrogens (primary N) is 1. The second-order valence-electron chi connectivity index (χ2n) is 4.50. The van der Waals surface area contributed by atoms with Crippen LogP contribution in [0, 0.1) is 12.7 Å². The van der Waals surface area contributed by atoms with Crippen molar-refractivity contribution in [2.24, 2.45) is 0 Å². The van der Waals surface area contributed by atoms with Crippen LogP contribution in [0.4, 0.5) is 10.3 Å². The van der Waals surface area contributed by atoms with Gasteiger partial charge in [-0.05, 0) is 30.7 Å². The average molecular weight is 256 g/mol. The van der Waals surface area contributed by atoms with Gasteiger partial charge in [0.2, 0.25) is 5.95 Å². The molecule has 0 atom stereocenters. The van der Waals surface area contributed by atoms with Crippen LogP contribution < -0.4 is 5.73 Å². The Morgan fingerprint density at radius 3 is 2.84 bits per heavy atom. The molecule has 0 spiro atoms. The highest BCUT2D eigenvalue weighted by atomic mass is 19.1. The van der Waals surface area contributed by atoms with Crippen LogP contribution in [-0.4, -0.2) is 14.5 Å². The summed E-state index contributed by atoms with van der Waals surface area (Å²) in [4.78, 5) is 8.42. The van der Waals surface area contributed by atoms with E-state index in [2.05, 4.69) is 9.97 Å². The first-order valence-corrected chi connectivity index (χ1v) is 5.96. The summed E-state index contributed by atoms with van der Waals surface area (Å²) in [7, 11) is 0. The molecule has 2 heterocycles. The largest absolute Gasteiger partial charge is 0.369 e. The predicted octanol–water partition coefficient (Wildman–Crippen LogP) is 2.51. The topological polar surface area (TPSA) is 56.7 Å². The van der Waals surface area contributed by atoms with Crippen molar-refractivity contribution in [3.63, 3.8) is 0 Å². The number of fused-ring (bicyclic) bond motifs is 1. The minimum atomic E-state index is -0.311. The van der Waals surface area contributed by atoms with E-state index in [1.54, 1.807) is 6.07 Å². The van der Waals surface area contributed by atoms with Gasteiger partial charge in [0.05, 0.1) is 17.6 Å². The van der Waals surface area contributed by atoms with Gasteiger partial charge in [0.1, 0.15) is 5.82 Å². The molecule has 0 aliphatic rings. The fraction of sp³-hybridized carbons (Fsp3) is 0.143. The van der Waals surface area contributed by atoms with E-state index in [9.17, 15) is 4.39 Å². The molecule has 1 aromatic carbocycles. The van der Waals surface area contributed by atoms with Gasteiger partial charge in [-0.2, -0.15) is 0 Å². The number of rotatable bonds is 2. The van der Waals surface area contributed by atoms with Crippen LogP contribution in [0.3, 0.4) is 0 Å². The summed E-state index contributed by atoms with van der Waals surface area (Å²) >= 11 is 0. The van der Waals surface area contributed by atoms with E-state index in [1.807, 2.05) is 29.8 Å². The quantitative estimate of drug-likeness (QED) is 0.766. The smallest absolute Gasteiger partial charge is 0.201 e. The van der Waals surface area contributed by atoms with E-state index in [4.69, 9.17) is 5.73 Å². The normalized spacial score (nSPS) is 11.1. The number of nitrogen functional groups attached to an aromatic ring is 1. The molecule has 5 heteroatoms. The zero-order valence-corrected chi connectivity index (χ0v) is 10.5. The Bertz CT molecular complexity index is 731. The van der Waals surface area contributed by atoms with Crippen LogP contribution >= 0.6 is 0 Å².